The van der Waals surface area contributed by atoms with E-state index in [0.717, 1.165) is 12.1 Å². The van der Waals surface area contributed by atoms with Crippen LogP contribution in [0.4, 0.5) is 10.1 Å². The molecule has 0 unspecified atom stereocenters. The lowest BCUT2D eigenvalue weighted by molar-refractivity contribution is 0.288. The molecule has 0 saturated heterocycles. The van der Waals surface area contributed by atoms with E-state index in [9.17, 15) is 4.39 Å². The number of aliphatic hydroxyl groups is 1. The SMILES string of the molecule is CC(C)N(CCCO)c1ccc(CNC2CC2)cc1F. The molecule has 1 aromatic rings. The van der Waals surface area contributed by atoms with Gasteiger partial charge >= 0.3 is 0 Å². The van der Waals surface area contributed by atoms with Crippen LogP contribution in [0, 0.1) is 5.82 Å². The topological polar surface area (TPSA) is 35.5 Å². The fourth-order valence-corrected chi connectivity index (χ4v) is 2.34. The summed E-state index contributed by atoms with van der Waals surface area (Å²) < 4.78 is 14.3. The molecule has 4 heteroatoms. The van der Waals surface area contributed by atoms with Crippen molar-refractivity contribution < 1.29 is 9.50 Å². The van der Waals surface area contributed by atoms with Crippen molar-refractivity contribution in [3.63, 3.8) is 0 Å². The van der Waals surface area contributed by atoms with Gasteiger partial charge in [0.15, 0.2) is 0 Å². The number of hydrogen-bond donors (Lipinski definition) is 2. The second kappa shape index (κ2) is 7.04. The summed E-state index contributed by atoms with van der Waals surface area (Å²) in [7, 11) is 0. The van der Waals surface area contributed by atoms with E-state index >= 15 is 0 Å². The summed E-state index contributed by atoms with van der Waals surface area (Å²) in [4.78, 5) is 2.00. The third-order valence-electron chi connectivity index (χ3n) is 3.67. The number of benzene rings is 1. The van der Waals surface area contributed by atoms with E-state index < -0.39 is 0 Å². The highest BCUT2D eigenvalue weighted by atomic mass is 19.1. The Morgan fingerprint density at radius 2 is 2.15 bits per heavy atom. The van der Waals surface area contributed by atoms with Gasteiger partial charge in [0.1, 0.15) is 5.82 Å². The van der Waals surface area contributed by atoms with Gasteiger partial charge in [-0.1, -0.05) is 6.07 Å². The van der Waals surface area contributed by atoms with E-state index in [4.69, 9.17) is 5.11 Å². The average molecular weight is 280 g/mol. The molecule has 2 rings (SSSR count). The highest BCUT2D eigenvalue weighted by Crippen LogP contribution is 2.24. The molecule has 20 heavy (non-hydrogen) atoms. The number of halogens is 1. The lowest BCUT2D eigenvalue weighted by Gasteiger charge is -2.29. The van der Waals surface area contributed by atoms with Crippen LogP contribution in [0.5, 0.6) is 0 Å². The molecule has 1 fully saturated rings. The summed E-state index contributed by atoms with van der Waals surface area (Å²) in [5.74, 6) is -0.174. The van der Waals surface area contributed by atoms with Crippen molar-refractivity contribution in [2.45, 2.75) is 51.7 Å². The molecule has 3 nitrogen and oxygen atoms in total. The zero-order chi connectivity index (χ0) is 14.5. The lowest BCUT2D eigenvalue weighted by atomic mass is 10.1. The first-order valence-corrected chi connectivity index (χ1v) is 7.51. The minimum atomic E-state index is -0.174. The Kier molecular flexibility index (Phi) is 5.38. The Balaban J connectivity index is 2.04. The van der Waals surface area contributed by atoms with Gasteiger partial charge < -0.3 is 15.3 Å². The van der Waals surface area contributed by atoms with Crippen LogP contribution in [0.25, 0.3) is 0 Å². The Labute approximate surface area is 120 Å². The van der Waals surface area contributed by atoms with Crippen LogP contribution in [0.2, 0.25) is 0 Å². The standard InChI is InChI=1S/C16H25FN2O/c1-12(2)19(8-3-9-20)16-7-4-13(10-15(16)17)11-18-14-5-6-14/h4,7,10,12,14,18,20H,3,5-6,8-9,11H2,1-2H3. The number of nitrogens with zero attached hydrogens (tertiary/aromatic N) is 1. The molecule has 0 atom stereocenters. The first kappa shape index (κ1) is 15.3. The van der Waals surface area contributed by atoms with Crippen molar-refractivity contribution in [2.24, 2.45) is 0 Å². The molecule has 2 N–H and O–H groups in total. The number of nitrogens with one attached hydrogen (secondary N) is 1. The molecule has 0 radical (unpaired) electrons. The second-order valence-corrected chi connectivity index (χ2v) is 5.81. The fraction of sp³-hybridized carbons (Fsp3) is 0.625. The van der Waals surface area contributed by atoms with E-state index in [0.29, 0.717) is 24.7 Å². The van der Waals surface area contributed by atoms with Crippen molar-refractivity contribution in [2.75, 3.05) is 18.1 Å². The summed E-state index contributed by atoms with van der Waals surface area (Å²) in [6.07, 6.45) is 3.13. The molecule has 1 aromatic carbocycles. The quantitative estimate of drug-likeness (QED) is 0.768. The van der Waals surface area contributed by atoms with Gasteiger partial charge in [0.2, 0.25) is 0 Å². The molecule has 1 aliphatic rings. The molecule has 112 valence electrons. The summed E-state index contributed by atoms with van der Waals surface area (Å²) in [5.41, 5.74) is 1.62. The van der Waals surface area contributed by atoms with Gasteiger partial charge in [-0.25, -0.2) is 4.39 Å². The zero-order valence-electron chi connectivity index (χ0n) is 12.4. The summed E-state index contributed by atoms with van der Waals surface area (Å²) in [5, 5.41) is 12.3. The Morgan fingerprint density at radius 1 is 1.40 bits per heavy atom. The zero-order valence-corrected chi connectivity index (χ0v) is 12.4. The third-order valence-corrected chi connectivity index (χ3v) is 3.67. The minimum absolute atomic E-state index is 0.133. The van der Waals surface area contributed by atoms with E-state index in [1.165, 1.54) is 12.8 Å². The molecule has 0 amide bonds. The first-order chi connectivity index (χ1) is 9.61. The number of rotatable bonds is 8. The third kappa shape index (κ3) is 4.18. The van der Waals surface area contributed by atoms with Crippen LogP contribution in [-0.2, 0) is 6.54 Å². The van der Waals surface area contributed by atoms with Crippen molar-refractivity contribution >= 4 is 5.69 Å². The molecule has 1 saturated carbocycles. The van der Waals surface area contributed by atoms with Gasteiger partial charge in [-0.2, -0.15) is 0 Å². The molecule has 1 aliphatic carbocycles. The van der Waals surface area contributed by atoms with Crippen molar-refractivity contribution in [3.8, 4) is 0 Å². The normalized spacial score (nSPS) is 14.8. The van der Waals surface area contributed by atoms with E-state index in [2.05, 4.69) is 5.32 Å². The van der Waals surface area contributed by atoms with Crippen molar-refractivity contribution in [3.05, 3.63) is 29.6 Å². The van der Waals surface area contributed by atoms with Crippen LogP contribution < -0.4 is 10.2 Å². The Bertz CT molecular complexity index is 432. The predicted octanol–water partition coefficient (Wildman–Crippen LogP) is 2.67. The average Bonchev–Trinajstić information content (AvgIpc) is 3.22. The predicted molar refractivity (Wildman–Crippen MR) is 80.4 cm³/mol. The van der Waals surface area contributed by atoms with Gasteiger partial charge in [0, 0.05) is 31.8 Å². The van der Waals surface area contributed by atoms with Crippen molar-refractivity contribution in [1.82, 2.24) is 5.32 Å². The number of anilines is 1. The minimum Gasteiger partial charge on any atom is -0.396 e. The van der Waals surface area contributed by atoms with Crippen LogP contribution in [-0.4, -0.2) is 30.3 Å². The molecule has 0 bridgehead atoms. The Hall–Kier alpha value is -1.13. The second-order valence-electron chi connectivity index (χ2n) is 5.81. The van der Waals surface area contributed by atoms with Gasteiger partial charge in [-0.05, 0) is 50.8 Å². The van der Waals surface area contributed by atoms with Crippen LogP contribution >= 0.6 is 0 Å². The highest BCUT2D eigenvalue weighted by molar-refractivity contribution is 5.50. The molecular formula is C16H25FN2O. The fourth-order valence-electron chi connectivity index (χ4n) is 2.34. The smallest absolute Gasteiger partial charge is 0.146 e. The van der Waals surface area contributed by atoms with Gasteiger partial charge in [-0.15, -0.1) is 0 Å². The van der Waals surface area contributed by atoms with E-state index in [-0.39, 0.29) is 18.5 Å². The van der Waals surface area contributed by atoms with E-state index in [1.54, 1.807) is 6.07 Å². The van der Waals surface area contributed by atoms with Gasteiger partial charge in [0.25, 0.3) is 0 Å². The summed E-state index contributed by atoms with van der Waals surface area (Å²) in [6.45, 7) is 5.62. The van der Waals surface area contributed by atoms with Gasteiger partial charge in [0.05, 0.1) is 5.69 Å². The van der Waals surface area contributed by atoms with Crippen LogP contribution in [0.3, 0.4) is 0 Å². The lowest BCUT2D eigenvalue weighted by Crippen LogP contribution is -2.33. The molecule has 0 spiro atoms. The largest absolute Gasteiger partial charge is 0.396 e. The number of hydrogen-bond acceptors (Lipinski definition) is 3. The maximum absolute atomic E-state index is 14.3. The highest BCUT2D eigenvalue weighted by Gasteiger charge is 2.20. The van der Waals surface area contributed by atoms with Crippen LogP contribution in [0.1, 0.15) is 38.7 Å². The maximum Gasteiger partial charge on any atom is 0.146 e. The van der Waals surface area contributed by atoms with Crippen LogP contribution in [0.15, 0.2) is 18.2 Å². The monoisotopic (exact) mass is 280 g/mol. The van der Waals surface area contributed by atoms with E-state index in [1.807, 2.05) is 30.9 Å². The first-order valence-electron chi connectivity index (χ1n) is 7.51. The summed E-state index contributed by atoms with van der Waals surface area (Å²) in [6, 6.07) is 6.32. The molecule has 0 aliphatic heterocycles. The molecular weight excluding hydrogens is 255 g/mol. The molecule has 0 heterocycles. The maximum atomic E-state index is 14.3. The Morgan fingerprint density at radius 3 is 2.70 bits per heavy atom. The van der Waals surface area contributed by atoms with Crippen molar-refractivity contribution in [1.29, 1.82) is 0 Å². The number of aliphatic hydroxyl groups excluding tert-OH is 1. The summed E-state index contributed by atoms with van der Waals surface area (Å²) >= 11 is 0. The van der Waals surface area contributed by atoms with Gasteiger partial charge in [-0.3, -0.25) is 0 Å². The molecule has 0 aromatic heterocycles.